The van der Waals surface area contributed by atoms with Crippen molar-refractivity contribution in [3.63, 3.8) is 0 Å². The van der Waals surface area contributed by atoms with Crippen LogP contribution in [0.25, 0.3) is 6.08 Å². The highest BCUT2D eigenvalue weighted by molar-refractivity contribution is 7.86. The van der Waals surface area contributed by atoms with Crippen molar-refractivity contribution in [1.29, 1.82) is 0 Å². The Morgan fingerprint density at radius 1 is 1.43 bits per heavy atom. The summed E-state index contributed by atoms with van der Waals surface area (Å²) in [6.07, 6.45) is 3.30. The molecule has 0 radical (unpaired) electrons. The molecule has 0 aromatic heterocycles. The molecule has 0 fully saturated rings. The predicted octanol–water partition coefficient (Wildman–Crippen LogP) is 1.77. The van der Waals surface area contributed by atoms with Crippen LogP contribution >= 0.6 is 0 Å². The zero-order valence-electron chi connectivity index (χ0n) is 7.48. The highest BCUT2D eigenvalue weighted by atomic mass is 32.2. The van der Waals surface area contributed by atoms with Crippen LogP contribution in [0.1, 0.15) is 5.56 Å². The SMILES string of the molecule is CS(=O)(=O)O/C=C/c1cccc(F)c1. The van der Waals surface area contributed by atoms with Gasteiger partial charge in [-0.15, -0.1) is 0 Å². The van der Waals surface area contributed by atoms with Gasteiger partial charge in [-0.25, -0.2) is 4.39 Å². The van der Waals surface area contributed by atoms with Gasteiger partial charge in [0, 0.05) is 0 Å². The second kappa shape index (κ2) is 4.23. The molecule has 0 saturated carbocycles. The van der Waals surface area contributed by atoms with Crippen molar-refractivity contribution < 1.29 is 17.0 Å². The molecule has 0 aliphatic heterocycles. The molecule has 76 valence electrons. The van der Waals surface area contributed by atoms with Crippen molar-refractivity contribution in [1.82, 2.24) is 0 Å². The van der Waals surface area contributed by atoms with E-state index in [1.807, 2.05) is 0 Å². The van der Waals surface area contributed by atoms with E-state index in [1.165, 1.54) is 24.3 Å². The zero-order valence-corrected chi connectivity index (χ0v) is 8.29. The summed E-state index contributed by atoms with van der Waals surface area (Å²) in [7, 11) is -3.48. The molecule has 0 N–H and O–H groups in total. The molecule has 0 amide bonds. The topological polar surface area (TPSA) is 43.4 Å². The van der Waals surface area contributed by atoms with Gasteiger partial charge in [-0.3, -0.25) is 0 Å². The van der Waals surface area contributed by atoms with E-state index in [4.69, 9.17) is 0 Å². The minimum atomic E-state index is -3.48. The van der Waals surface area contributed by atoms with Gasteiger partial charge in [0.25, 0.3) is 0 Å². The standard InChI is InChI=1S/C9H9FO3S/c1-14(11,12)13-6-5-8-3-2-4-9(10)7-8/h2-7H,1H3/b6-5+. The first-order valence-corrected chi connectivity index (χ1v) is 5.59. The van der Waals surface area contributed by atoms with Crippen LogP contribution in [-0.4, -0.2) is 14.7 Å². The Bertz CT molecular complexity index is 437. The van der Waals surface area contributed by atoms with E-state index in [0.717, 1.165) is 12.5 Å². The van der Waals surface area contributed by atoms with Crippen molar-refractivity contribution in [3.8, 4) is 0 Å². The molecule has 1 aromatic rings. The normalized spacial score (nSPS) is 11.9. The third-order valence-corrected chi connectivity index (χ3v) is 1.80. The minimum absolute atomic E-state index is 0.383. The zero-order chi connectivity index (χ0) is 10.6. The molecule has 1 rings (SSSR count). The Balaban J connectivity index is 2.70. The molecular formula is C9H9FO3S. The summed E-state index contributed by atoms with van der Waals surface area (Å²) in [5, 5.41) is 0. The lowest BCUT2D eigenvalue weighted by molar-refractivity contribution is 0.452. The average Bonchev–Trinajstić information content (AvgIpc) is 2.01. The van der Waals surface area contributed by atoms with Crippen molar-refractivity contribution in [2.45, 2.75) is 0 Å². The van der Waals surface area contributed by atoms with E-state index >= 15 is 0 Å². The van der Waals surface area contributed by atoms with Crippen LogP contribution < -0.4 is 0 Å². The summed E-state index contributed by atoms with van der Waals surface area (Å²) in [6.45, 7) is 0. The molecule has 0 bridgehead atoms. The van der Waals surface area contributed by atoms with Crippen molar-refractivity contribution in [2.75, 3.05) is 6.26 Å². The number of benzene rings is 1. The second-order valence-electron chi connectivity index (χ2n) is 2.66. The summed E-state index contributed by atoms with van der Waals surface area (Å²) < 4.78 is 38.1. The van der Waals surface area contributed by atoms with Gasteiger partial charge in [0.2, 0.25) is 0 Å². The number of hydrogen-bond donors (Lipinski definition) is 0. The average molecular weight is 216 g/mol. The quantitative estimate of drug-likeness (QED) is 0.571. The van der Waals surface area contributed by atoms with E-state index < -0.39 is 10.1 Å². The predicted molar refractivity (Wildman–Crippen MR) is 51.4 cm³/mol. The summed E-state index contributed by atoms with van der Waals surface area (Å²) in [5.74, 6) is -0.383. The summed E-state index contributed by atoms with van der Waals surface area (Å²) in [5.41, 5.74) is 0.536. The highest BCUT2D eigenvalue weighted by Crippen LogP contribution is 2.05. The van der Waals surface area contributed by atoms with Gasteiger partial charge in [-0.1, -0.05) is 12.1 Å². The fourth-order valence-electron chi connectivity index (χ4n) is 0.818. The van der Waals surface area contributed by atoms with Crippen molar-refractivity contribution in [3.05, 3.63) is 41.9 Å². The van der Waals surface area contributed by atoms with E-state index in [9.17, 15) is 12.8 Å². The molecule has 0 aliphatic rings. The first-order valence-electron chi connectivity index (χ1n) is 3.78. The first-order chi connectivity index (χ1) is 6.47. The van der Waals surface area contributed by atoms with Crippen LogP contribution in [0, 0.1) is 5.82 Å². The summed E-state index contributed by atoms with van der Waals surface area (Å²) in [4.78, 5) is 0. The fraction of sp³-hybridized carbons (Fsp3) is 0.111. The summed E-state index contributed by atoms with van der Waals surface area (Å²) >= 11 is 0. The molecule has 0 aliphatic carbocycles. The molecule has 0 unspecified atom stereocenters. The lowest BCUT2D eigenvalue weighted by Gasteiger charge is -1.95. The van der Waals surface area contributed by atoms with Gasteiger partial charge < -0.3 is 4.18 Å². The van der Waals surface area contributed by atoms with E-state index in [0.29, 0.717) is 5.56 Å². The number of halogens is 1. The van der Waals surface area contributed by atoms with Gasteiger partial charge in [-0.05, 0) is 23.8 Å². The van der Waals surface area contributed by atoms with Crippen LogP contribution in [0.5, 0.6) is 0 Å². The molecule has 14 heavy (non-hydrogen) atoms. The molecule has 1 aromatic carbocycles. The Kier molecular flexibility index (Phi) is 3.24. The Labute approximate surface area is 82.0 Å². The maximum absolute atomic E-state index is 12.6. The van der Waals surface area contributed by atoms with Gasteiger partial charge in [0.1, 0.15) is 12.1 Å². The van der Waals surface area contributed by atoms with Crippen LogP contribution in [0.4, 0.5) is 4.39 Å². The fourth-order valence-corrected chi connectivity index (χ4v) is 1.07. The van der Waals surface area contributed by atoms with Gasteiger partial charge in [-0.2, -0.15) is 8.42 Å². The minimum Gasteiger partial charge on any atom is -0.391 e. The van der Waals surface area contributed by atoms with E-state index in [-0.39, 0.29) is 5.82 Å². The number of hydrogen-bond acceptors (Lipinski definition) is 3. The van der Waals surface area contributed by atoms with Crippen LogP contribution in [0.3, 0.4) is 0 Å². The lowest BCUT2D eigenvalue weighted by atomic mass is 10.2. The van der Waals surface area contributed by atoms with Gasteiger partial charge in [0.05, 0.1) is 6.26 Å². The van der Waals surface area contributed by atoms with E-state index in [1.54, 1.807) is 6.07 Å². The third-order valence-electron chi connectivity index (χ3n) is 1.34. The summed E-state index contributed by atoms with van der Waals surface area (Å²) in [6, 6.07) is 5.72. The van der Waals surface area contributed by atoms with Crippen molar-refractivity contribution >= 4 is 16.2 Å². The molecular weight excluding hydrogens is 207 g/mol. The Morgan fingerprint density at radius 3 is 2.71 bits per heavy atom. The van der Waals surface area contributed by atoms with Gasteiger partial charge in [0.15, 0.2) is 0 Å². The molecule has 0 spiro atoms. The molecule has 3 nitrogen and oxygen atoms in total. The Hall–Kier alpha value is -1.36. The smallest absolute Gasteiger partial charge is 0.305 e. The second-order valence-corrected chi connectivity index (χ2v) is 4.26. The maximum atomic E-state index is 12.6. The largest absolute Gasteiger partial charge is 0.391 e. The maximum Gasteiger partial charge on any atom is 0.305 e. The van der Waals surface area contributed by atoms with Crippen LogP contribution in [0.15, 0.2) is 30.5 Å². The Morgan fingerprint density at radius 2 is 2.14 bits per heavy atom. The first kappa shape index (κ1) is 10.7. The van der Waals surface area contributed by atoms with E-state index in [2.05, 4.69) is 4.18 Å². The van der Waals surface area contributed by atoms with Crippen molar-refractivity contribution in [2.24, 2.45) is 0 Å². The highest BCUT2D eigenvalue weighted by Gasteiger charge is 1.96. The molecule has 5 heteroatoms. The van der Waals surface area contributed by atoms with Crippen LogP contribution in [-0.2, 0) is 14.3 Å². The molecule has 0 atom stereocenters. The van der Waals surface area contributed by atoms with Crippen LogP contribution in [0.2, 0.25) is 0 Å². The van der Waals surface area contributed by atoms with Gasteiger partial charge >= 0.3 is 10.1 Å². The monoisotopic (exact) mass is 216 g/mol. The third kappa shape index (κ3) is 4.04. The molecule has 0 saturated heterocycles. The number of rotatable bonds is 3. The lowest BCUT2D eigenvalue weighted by Crippen LogP contribution is -1.95. The molecule has 0 heterocycles.